The van der Waals surface area contributed by atoms with Crippen LogP contribution in [-0.2, 0) is 6.42 Å². The van der Waals surface area contributed by atoms with Crippen molar-refractivity contribution in [3.8, 4) is 0 Å². The van der Waals surface area contributed by atoms with Gasteiger partial charge in [-0.05, 0) is 36.1 Å². The molecule has 19 heavy (non-hydrogen) atoms. The zero-order valence-corrected chi connectivity index (χ0v) is 11.7. The van der Waals surface area contributed by atoms with E-state index >= 15 is 0 Å². The monoisotopic (exact) mass is 268 g/mol. The normalized spacial score (nSPS) is 12.7. The van der Waals surface area contributed by atoms with Crippen molar-refractivity contribution >= 4 is 22.2 Å². The van der Waals surface area contributed by atoms with Gasteiger partial charge in [0.15, 0.2) is 0 Å². The molecule has 2 aromatic heterocycles. The van der Waals surface area contributed by atoms with E-state index in [1.807, 2.05) is 18.2 Å². The lowest BCUT2D eigenvalue weighted by Gasteiger charge is -2.11. The van der Waals surface area contributed by atoms with Gasteiger partial charge in [-0.1, -0.05) is 24.3 Å². The van der Waals surface area contributed by atoms with Gasteiger partial charge in [-0.3, -0.25) is 4.98 Å². The molecule has 0 bridgehead atoms. The van der Waals surface area contributed by atoms with Crippen LogP contribution < -0.4 is 5.73 Å². The van der Waals surface area contributed by atoms with Crippen LogP contribution >= 0.6 is 11.3 Å². The van der Waals surface area contributed by atoms with E-state index in [0.717, 1.165) is 17.6 Å². The topological polar surface area (TPSA) is 38.9 Å². The summed E-state index contributed by atoms with van der Waals surface area (Å²) < 4.78 is 0. The Morgan fingerprint density at radius 3 is 2.79 bits per heavy atom. The zero-order valence-electron chi connectivity index (χ0n) is 10.8. The highest BCUT2D eigenvalue weighted by molar-refractivity contribution is 7.10. The van der Waals surface area contributed by atoms with Crippen molar-refractivity contribution in [3.63, 3.8) is 0 Å². The number of nitrogens with two attached hydrogens (primary N) is 1. The third kappa shape index (κ3) is 2.53. The summed E-state index contributed by atoms with van der Waals surface area (Å²) in [6.45, 7) is 2.11. The summed E-state index contributed by atoms with van der Waals surface area (Å²) in [6, 6.07) is 14.5. The third-order valence-electron chi connectivity index (χ3n) is 3.32. The van der Waals surface area contributed by atoms with E-state index in [2.05, 4.69) is 41.6 Å². The summed E-state index contributed by atoms with van der Waals surface area (Å²) in [5, 5.41) is 3.27. The summed E-state index contributed by atoms with van der Waals surface area (Å²) in [6.07, 6.45) is 0.784. The van der Waals surface area contributed by atoms with Gasteiger partial charge in [0.2, 0.25) is 0 Å². The van der Waals surface area contributed by atoms with Crippen LogP contribution in [0.15, 0.2) is 47.8 Å². The molecule has 0 aliphatic heterocycles. The summed E-state index contributed by atoms with van der Waals surface area (Å²) in [5.74, 6) is 0. The van der Waals surface area contributed by atoms with Crippen molar-refractivity contribution in [2.24, 2.45) is 5.73 Å². The molecule has 0 saturated carbocycles. The fourth-order valence-electron chi connectivity index (χ4n) is 2.30. The number of hydrogen-bond donors (Lipinski definition) is 1. The van der Waals surface area contributed by atoms with E-state index in [0.29, 0.717) is 0 Å². The lowest BCUT2D eigenvalue weighted by atomic mass is 10.1. The van der Waals surface area contributed by atoms with Crippen LogP contribution in [0, 0.1) is 6.92 Å². The molecule has 3 heteroatoms. The molecule has 3 rings (SSSR count). The Morgan fingerprint density at radius 1 is 1.16 bits per heavy atom. The van der Waals surface area contributed by atoms with Crippen LogP contribution in [0.1, 0.15) is 22.2 Å². The number of fused-ring (bicyclic) bond motifs is 1. The highest BCUT2D eigenvalue weighted by atomic mass is 32.1. The molecule has 0 fully saturated rings. The highest BCUT2D eigenvalue weighted by Crippen LogP contribution is 2.25. The van der Waals surface area contributed by atoms with Crippen LogP contribution in [-0.4, -0.2) is 4.98 Å². The predicted molar refractivity (Wildman–Crippen MR) is 81.4 cm³/mol. The minimum Gasteiger partial charge on any atom is -0.323 e. The van der Waals surface area contributed by atoms with Crippen molar-refractivity contribution in [2.75, 3.05) is 0 Å². The standard InChI is InChI=1S/C16H16N2S/c1-11-8-9-19-16(11)14(17)10-13-7-6-12-4-2-3-5-15(12)18-13/h2-9,14H,10,17H2,1H3. The minimum atomic E-state index is 0.0358. The largest absolute Gasteiger partial charge is 0.323 e. The Morgan fingerprint density at radius 2 is 2.00 bits per heavy atom. The predicted octanol–water partition coefficient (Wildman–Crippen LogP) is 3.85. The third-order valence-corrected chi connectivity index (χ3v) is 4.47. The Kier molecular flexibility index (Phi) is 3.32. The zero-order chi connectivity index (χ0) is 13.2. The second-order valence-electron chi connectivity index (χ2n) is 4.77. The summed E-state index contributed by atoms with van der Waals surface area (Å²) in [7, 11) is 0. The van der Waals surface area contributed by atoms with Gasteiger partial charge in [-0.2, -0.15) is 0 Å². The minimum absolute atomic E-state index is 0.0358. The number of aryl methyl sites for hydroxylation is 1. The molecular weight excluding hydrogens is 252 g/mol. The first kappa shape index (κ1) is 12.3. The molecule has 2 heterocycles. The average molecular weight is 268 g/mol. The second-order valence-corrected chi connectivity index (χ2v) is 5.72. The highest BCUT2D eigenvalue weighted by Gasteiger charge is 2.12. The fraction of sp³-hybridized carbons (Fsp3) is 0.188. The van der Waals surface area contributed by atoms with Gasteiger partial charge >= 0.3 is 0 Å². The number of hydrogen-bond acceptors (Lipinski definition) is 3. The molecule has 1 atom stereocenters. The molecule has 96 valence electrons. The van der Waals surface area contributed by atoms with E-state index < -0.39 is 0 Å². The Hall–Kier alpha value is -1.71. The van der Waals surface area contributed by atoms with E-state index in [9.17, 15) is 0 Å². The van der Waals surface area contributed by atoms with Crippen LogP contribution in [0.4, 0.5) is 0 Å². The molecule has 1 aromatic carbocycles. The van der Waals surface area contributed by atoms with Crippen LogP contribution in [0.2, 0.25) is 0 Å². The van der Waals surface area contributed by atoms with Crippen LogP contribution in [0.5, 0.6) is 0 Å². The van der Waals surface area contributed by atoms with Gasteiger partial charge in [-0.15, -0.1) is 11.3 Å². The van der Waals surface area contributed by atoms with Crippen molar-refractivity contribution < 1.29 is 0 Å². The van der Waals surface area contributed by atoms with Gasteiger partial charge in [0.05, 0.1) is 5.52 Å². The van der Waals surface area contributed by atoms with Gasteiger partial charge in [0.25, 0.3) is 0 Å². The molecule has 2 N–H and O–H groups in total. The van der Waals surface area contributed by atoms with Crippen LogP contribution in [0.3, 0.4) is 0 Å². The molecular formula is C16H16N2S. The molecule has 0 amide bonds. The fourth-order valence-corrected chi connectivity index (χ4v) is 3.24. The maximum atomic E-state index is 6.29. The van der Waals surface area contributed by atoms with Gasteiger partial charge in [-0.25, -0.2) is 0 Å². The smallest absolute Gasteiger partial charge is 0.0705 e. The summed E-state index contributed by atoms with van der Waals surface area (Å²) >= 11 is 1.73. The first-order valence-electron chi connectivity index (χ1n) is 6.38. The maximum Gasteiger partial charge on any atom is 0.0705 e. The lowest BCUT2D eigenvalue weighted by Crippen LogP contribution is -2.13. The number of aromatic nitrogens is 1. The van der Waals surface area contributed by atoms with E-state index in [4.69, 9.17) is 5.73 Å². The summed E-state index contributed by atoms with van der Waals surface area (Å²) in [4.78, 5) is 5.94. The number of para-hydroxylation sites is 1. The van der Waals surface area contributed by atoms with E-state index in [-0.39, 0.29) is 6.04 Å². The van der Waals surface area contributed by atoms with Crippen molar-refractivity contribution in [1.29, 1.82) is 0 Å². The number of pyridine rings is 1. The van der Waals surface area contributed by atoms with Crippen molar-refractivity contribution in [3.05, 3.63) is 64.0 Å². The maximum absolute atomic E-state index is 6.29. The number of thiophene rings is 1. The molecule has 2 nitrogen and oxygen atoms in total. The number of rotatable bonds is 3. The van der Waals surface area contributed by atoms with E-state index in [1.165, 1.54) is 15.8 Å². The van der Waals surface area contributed by atoms with Crippen molar-refractivity contribution in [2.45, 2.75) is 19.4 Å². The van der Waals surface area contributed by atoms with Gasteiger partial charge in [0, 0.05) is 28.4 Å². The molecule has 0 aliphatic carbocycles. The Bertz CT molecular complexity index is 703. The second kappa shape index (κ2) is 5.11. The first-order chi connectivity index (χ1) is 9.24. The van der Waals surface area contributed by atoms with Gasteiger partial charge in [0.1, 0.15) is 0 Å². The van der Waals surface area contributed by atoms with Crippen LogP contribution in [0.25, 0.3) is 10.9 Å². The van der Waals surface area contributed by atoms with E-state index in [1.54, 1.807) is 11.3 Å². The quantitative estimate of drug-likeness (QED) is 0.783. The van der Waals surface area contributed by atoms with Crippen molar-refractivity contribution in [1.82, 2.24) is 4.98 Å². The SMILES string of the molecule is Cc1ccsc1C(N)Cc1ccc2ccccc2n1. The molecule has 0 saturated heterocycles. The number of benzene rings is 1. The molecule has 0 spiro atoms. The molecule has 1 unspecified atom stereocenters. The average Bonchev–Trinajstić information content (AvgIpc) is 2.85. The molecule has 3 aromatic rings. The Labute approximate surface area is 116 Å². The lowest BCUT2D eigenvalue weighted by molar-refractivity contribution is 0.718. The van der Waals surface area contributed by atoms with Gasteiger partial charge < -0.3 is 5.73 Å². The Balaban J connectivity index is 1.87. The first-order valence-corrected chi connectivity index (χ1v) is 7.26. The number of nitrogens with zero attached hydrogens (tertiary/aromatic N) is 1. The summed E-state index contributed by atoms with van der Waals surface area (Å²) in [5.41, 5.74) is 9.65. The molecule has 0 aliphatic rings. The molecule has 0 radical (unpaired) electrons.